The van der Waals surface area contributed by atoms with Gasteiger partial charge in [-0.25, -0.2) is 0 Å². The lowest BCUT2D eigenvalue weighted by Crippen LogP contribution is -2.35. The molecule has 0 atom stereocenters. The van der Waals surface area contributed by atoms with Gasteiger partial charge in [0.1, 0.15) is 5.75 Å². The Morgan fingerprint density at radius 3 is 2.89 bits per heavy atom. The van der Waals surface area contributed by atoms with Crippen LogP contribution in [0.15, 0.2) is 24.3 Å². The number of hydrogen-bond acceptors (Lipinski definition) is 2. The smallest absolute Gasteiger partial charge is 0.226 e. The quantitative estimate of drug-likeness (QED) is 0.719. The van der Waals surface area contributed by atoms with Crippen LogP contribution < -0.4 is 4.74 Å². The van der Waals surface area contributed by atoms with E-state index in [0.29, 0.717) is 31.5 Å². The molecule has 0 bridgehead atoms. The van der Waals surface area contributed by atoms with Gasteiger partial charge in [0.05, 0.1) is 13.0 Å². The van der Waals surface area contributed by atoms with Crippen LogP contribution in [0.3, 0.4) is 0 Å². The number of rotatable bonds is 7. The lowest BCUT2D eigenvalue weighted by Gasteiger charge is -2.21. The van der Waals surface area contributed by atoms with Crippen LogP contribution in [-0.4, -0.2) is 35.9 Å². The lowest BCUT2D eigenvalue weighted by atomic mass is 10.2. The van der Waals surface area contributed by atoms with Gasteiger partial charge in [-0.05, 0) is 37.5 Å². The summed E-state index contributed by atoms with van der Waals surface area (Å²) in [4.78, 5) is 14.0. The minimum absolute atomic E-state index is 0.149. The molecule has 1 saturated carbocycles. The molecule has 19 heavy (non-hydrogen) atoms. The van der Waals surface area contributed by atoms with E-state index in [1.54, 1.807) is 0 Å². The Hall–Kier alpha value is -1.22. The molecule has 1 aliphatic carbocycles. The van der Waals surface area contributed by atoms with Crippen molar-refractivity contribution in [2.75, 3.05) is 19.0 Å². The van der Waals surface area contributed by atoms with E-state index in [4.69, 9.17) is 16.3 Å². The average Bonchev–Trinajstić information content (AvgIpc) is 3.20. The van der Waals surface area contributed by atoms with E-state index in [0.717, 1.165) is 24.2 Å². The fourth-order valence-electron chi connectivity index (χ4n) is 2.09. The Bertz CT molecular complexity index is 432. The predicted octanol–water partition coefficient (Wildman–Crippen LogP) is 2.99. The highest BCUT2D eigenvalue weighted by Crippen LogP contribution is 2.27. The largest absolute Gasteiger partial charge is 0.493 e. The summed E-state index contributed by atoms with van der Waals surface area (Å²) in [6.07, 6.45) is 2.64. The molecule has 0 aromatic heterocycles. The monoisotopic (exact) mass is 281 g/mol. The van der Waals surface area contributed by atoms with Gasteiger partial charge in [0.25, 0.3) is 0 Å². The van der Waals surface area contributed by atoms with Crippen molar-refractivity contribution in [2.24, 2.45) is 0 Å². The van der Waals surface area contributed by atoms with Crippen molar-refractivity contribution in [2.45, 2.75) is 32.2 Å². The maximum absolute atomic E-state index is 12.1. The highest BCUT2D eigenvalue weighted by atomic mass is 35.5. The van der Waals surface area contributed by atoms with Crippen LogP contribution in [0.2, 0.25) is 0 Å². The van der Waals surface area contributed by atoms with Crippen molar-refractivity contribution in [3.8, 4) is 5.75 Å². The number of carbonyl (C=O) groups excluding carboxylic acids is 1. The first-order valence-electron chi connectivity index (χ1n) is 6.75. The van der Waals surface area contributed by atoms with Crippen molar-refractivity contribution in [3.63, 3.8) is 0 Å². The molecule has 1 amide bonds. The number of carbonyl (C=O) groups is 1. The number of amides is 1. The van der Waals surface area contributed by atoms with Crippen LogP contribution in [0.25, 0.3) is 0 Å². The third-order valence-corrected chi connectivity index (χ3v) is 3.38. The zero-order valence-corrected chi connectivity index (χ0v) is 12.0. The summed E-state index contributed by atoms with van der Waals surface area (Å²) in [5, 5.41) is 0. The second-order valence-corrected chi connectivity index (χ2v) is 5.30. The van der Waals surface area contributed by atoms with Crippen LogP contribution in [0, 0.1) is 6.92 Å². The number of hydrogen-bond donors (Lipinski definition) is 0. The molecule has 1 aliphatic rings. The Labute approximate surface area is 119 Å². The molecule has 104 valence electrons. The Balaban J connectivity index is 1.76. The zero-order chi connectivity index (χ0) is 13.7. The Kier molecular flexibility index (Phi) is 5.08. The average molecular weight is 282 g/mol. The molecule has 0 N–H and O–H groups in total. The van der Waals surface area contributed by atoms with Crippen LogP contribution >= 0.6 is 11.6 Å². The van der Waals surface area contributed by atoms with Gasteiger partial charge in [-0.15, -0.1) is 11.6 Å². The van der Waals surface area contributed by atoms with E-state index in [1.165, 1.54) is 0 Å². The fraction of sp³-hybridized carbons (Fsp3) is 0.533. The molecule has 0 unspecified atom stereocenters. The van der Waals surface area contributed by atoms with E-state index in [-0.39, 0.29) is 5.91 Å². The SMILES string of the molecule is Cc1cccc(OCCC(=O)N(CCCl)C2CC2)c1. The van der Waals surface area contributed by atoms with E-state index in [9.17, 15) is 4.79 Å². The van der Waals surface area contributed by atoms with Crippen molar-refractivity contribution in [1.82, 2.24) is 4.90 Å². The molecule has 0 radical (unpaired) electrons. The topological polar surface area (TPSA) is 29.5 Å². The maximum Gasteiger partial charge on any atom is 0.226 e. The molecule has 0 aliphatic heterocycles. The molecule has 3 nitrogen and oxygen atoms in total. The molecule has 1 fully saturated rings. The van der Waals surface area contributed by atoms with Crippen molar-refractivity contribution in [3.05, 3.63) is 29.8 Å². The summed E-state index contributed by atoms with van der Waals surface area (Å²) < 4.78 is 5.61. The van der Waals surface area contributed by atoms with Gasteiger partial charge in [-0.3, -0.25) is 4.79 Å². The highest BCUT2D eigenvalue weighted by molar-refractivity contribution is 6.18. The van der Waals surface area contributed by atoms with Crippen LogP contribution in [-0.2, 0) is 4.79 Å². The maximum atomic E-state index is 12.1. The number of alkyl halides is 1. The standard InChI is InChI=1S/C15H20ClNO2/c1-12-3-2-4-14(11-12)19-10-7-15(18)17(9-8-16)13-5-6-13/h2-4,11,13H,5-10H2,1H3. The second-order valence-electron chi connectivity index (χ2n) is 4.92. The van der Waals surface area contributed by atoms with Gasteiger partial charge in [0.2, 0.25) is 5.91 Å². The number of aryl methyl sites for hydroxylation is 1. The van der Waals surface area contributed by atoms with Crippen LogP contribution in [0.1, 0.15) is 24.8 Å². The minimum Gasteiger partial charge on any atom is -0.493 e. The summed E-state index contributed by atoms with van der Waals surface area (Å²) in [6, 6.07) is 8.28. The minimum atomic E-state index is 0.149. The molecule has 0 spiro atoms. The van der Waals surface area contributed by atoms with Gasteiger partial charge < -0.3 is 9.64 Å². The first kappa shape index (κ1) is 14.2. The highest BCUT2D eigenvalue weighted by Gasteiger charge is 2.31. The number of halogens is 1. The van der Waals surface area contributed by atoms with E-state index in [2.05, 4.69) is 0 Å². The predicted molar refractivity (Wildman–Crippen MR) is 76.7 cm³/mol. The van der Waals surface area contributed by atoms with E-state index < -0.39 is 0 Å². The van der Waals surface area contributed by atoms with Gasteiger partial charge in [0, 0.05) is 18.5 Å². The number of benzene rings is 1. The van der Waals surface area contributed by atoms with E-state index >= 15 is 0 Å². The molecule has 4 heteroatoms. The summed E-state index contributed by atoms with van der Waals surface area (Å²) in [6.45, 7) is 3.09. The molecule has 0 heterocycles. The first-order chi connectivity index (χ1) is 9.20. The first-order valence-corrected chi connectivity index (χ1v) is 7.29. The second kappa shape index (κ2) is 6.80. The van der Waals surface area contributed by atoms with Crippen LogP contribution in [0.5, 0.6) is 5.75 Å². The van der Waals surface area contributed by atoms with Gasteiger partial charge in [-0.1, -0.05) is 12.1 Å². The van der Waals surface area contributed by atoms with Crippen molar-refractivity contribution < 1.29 is 9.53 Å². The van der Waals surface area contributed by atoms with Gasteiger partial charge >= 0.3 is 0 Å². The molecular formula is C15H20ClNO2. The molecule has 0 saturated heterocycles. The van der Waals surface area contributed by atoms with Crippen molar-refractivity contribution >= 4 is 17.5 Å². The lowest BCUT2D eigenvalue weighted by molar-refractivity contribution is -0.132. The Morgan fingerprint density at radius 1 is 1.47 bits per heavy atom. The molecule has 1 aromatic carbocycles. The third-order valence-electron chi connectivity index (χ3n) is 3.21. The van der Waals surface area contributed by atoms with Crippen molar-refractivity contribution in [1.29, 1.82) is 0 Å². The summed E-state index contributed by atoms with van der Waals surface area (Å²) in [7, 11) is 0. The van der Waals surface area contributed by atoms with E-state index in [1.807, 2.05) is 36.1 Å². The zero-order valence-electron chi connectivity index (χ0n) is 11.3. The van der Waals surface area contributed by atoms with Gasteiger partial charge in [0.15, 0.2) is 0 Å². The summed E-state index contributed by atoms with van der Waals surface area (Å²) in [5.74, 6) is 1.47. The number of ether oxygens (including phenoxy) is 1. The normalized spacial score (nSPS) is 14.2. The van der Waals surface area contributed by atoms with Crippen LogP contribution in [0.4, 0.5) is 0 Å². The van der Waals surface area contributed by atoms with Gasteiger partial charge in [-0.2, -0.15) is 0 Å². The molecule has 1 aromatic rings. The molecular weight excluding hydrogens is 262 g/mol. The number of nitrogens with zero attached hydrogens (tertiary/aromatic N) is 1. The summed E-state index contributed by atoms with van der Waals surface area (Å²) >= 11 is 5.73. The fourth-order valence-corrected chi connectivity index (χ4v) is 2.28. The Morgan fingerprint density at radius 2 is 2.26 bits per heavy atom. The third kappa shape index (κ3) is 4.43. The molecule has 2 rings (SSSR count). The summed E-state index contributed by atoms with van der Waals surface area (Å²) in [5.41, 5.74) is 1.16.